The van der Waals surface area contributed by atoms with E-state index in [0.29, 0.717) is 35.1 Å². The largest absolute Gasteiger partial charge is 0.337 e. The first-order valence-electron chi connectivity index (χ1n) is 6.30. The Balaban J connectivity index is 2.18. The third-order valence-electron chi connectivity index (χ3n) is 3.47. The van der Waals surface area contributed by atoms with Crippen LogP contribution in [0.4, 0.5) is 0 Å². The van der Waals surface area contributed by atoms with Crippen LogP contribution < -0.4 is 0 Å². The van der Waals surface area contributed by atoms with Crippen LogP contribution in [0.15, 0.2) is 18.2 Å². The van der Waals surface area contributed by atoms with E-state index in [9.17, 15) is 9.59 Å². The number of piperidine rings is 1. The smallest absolute Gasteiger partial charge is 0.255 e. The second-order valence-corrected chi connectivity index (χ2v) is 5.54. The molecule has 1 amide bonds. The van der Waals surface area contributed by atoms with E-state index in [4.69, 9.17) is 23.2 Å². The Hall–Kier alpha value is -1.06. The summed E-state index contributed by atoms with van der Waals surface area (Å²) in [4.78, 5) is 25.7. The van der Waals surface area contributed by atoms with Crippen molar-refractivity contribution in [1.82, 2.24) is 4.90 Å². The van der Waals surface area contributed by atoms with Gasteiger partial charge < -0.3 is 4.90 Å². The average Bonchev–Trinajstić information content (AvgIpc) is 2.38. The molecule has 5 heteroatoms. The molecule has 1 saturated heterocycles. The van der Waals surface area contributed by atoms with Crippen molar-refractivity contribution >= 4 is 34.9 Å². The minimum absolute atomic E-state index is 0.0521. The molecule has 19 heavy (non-hydrogen) atoms. The van der Waals surface area contributed by atoms with Crippen LogP contribution in [0, 0.1) is 5.92 Å². The summed E-state index contributed by atoms with van der Waals surface area (Å²) >= 11 is 11.9. The first-order chi connectivity index (χ1) is 9.02. The summed E-state index contributed by atoms with van der Waals surface area (Å²) in [5, 5.41) is 0.851. The maximum Gasteiger partial charge on any atom is 0.255 e. The molecule has 1 aliphatic rings. The second kappa shape index (κ2) is 5.93. The highest BCUT2D eigenvalue weighted by Gasteiger charge is 2.29. The molecular formula is C14H15Cl2NO2. The predicted molar refractivity (Wildman–Crippen MR) is 75.8 cm³/mol. The van der Waals surface area contributed by atoms with Gasteiger partial charge in [0.05, 0.1) is 10.6 Å². The number of Topliss-reactive ketones (excluding diaryl/α,β-unsaturated/α-hetero) is 1. The van der Waals surface area contributed by atoms with E-state index >= 15 is 0 Å². The third-order valence-corrected chi connectivity index (χ3v) is 4.01. The summed E-state index contributed by atoms with van der Waals surface area (Å²) in [5.41, 5.74) is 0.440. The van der Waals surface area contributed by atoms with E-state index < -0.39 is 0 Å². The Labute approximate surface area is 122 Å². The lowest BCUT2D eigenvalue weighted by Gasteiger charge is -2.31. The van der Waals surface area contributed by atoms with Gasteiger partial charge in [0.25, 0.3) is 5.91 Å². The van der Waals surface area contributed by atoms with E-state index in [0.717, 1.165) is 6.42 Å². The minimum Gasteiger partial charge on any atom is -0.337 e. The van der Waals surface area contributed by atoms with Crippen molar-refractivity contribution in [3.8, 4) is 0 Å². The lowest BCUT2D eigenvalue weighted by atomic mass is 9.93. The maximum atomic E-state index is 12.4. The number of rotatable bonds is 2. The van der Waals surface area contributed by atoms with Crippen LogP contribution in [0.1, 0.15) is 30.1 Å². The number of ketones is 1. The van der Waals surface area contributed by atoms with Crippen LogP contribution in [0.3, 0.4) is 0 Å². The molecule has 1 heterocycles. The van der Waals surface area contributed by atoms with Gasteiger partial charge >= 0.3 is 0 Å². The molecule has 0 aliphatic carbocycles. The molecule has 2 rings (SSSR count). The van der Waals surface area contributed by atoms with Crippen molar-refractivity contribution in [2.45, 2.75) is 19.8 Å². The zero-order valence-corrected chi connectivity index (χ0v) is 12.2. The van der Waals surface area contributed by atoms with Crippen molar-refractivity contribution in [2.75, 3.05) is 13.1 Å². The summed E-state index contributed by atoms with van der Waals surface area (Å²) in [6.07, 6.45) is 1.19. The average molecular weight is 300 g/mol. The number of benzene rings is 1. The molecular weight excluding hydrogens is 285 g/mol. The number of carbonyl (C=O) groups excluding carboxylic acids is 2. The van der Waals surface area contributed by atoms with Crippen LogP contribution in [0.25, 0.3) is 0 Å². The summed E-state index contributed by atoms with van der Waals surface area (Å²) in [7, 11) is 0. The normalized spacial score (nSPS) is 19.6. The lowest BCUT2D eigenvalue weighted by Crippen LogP contribution is -2.44. The highest BCUT2D eigenvalue weighted by atomic mass is 35.5. The van der Waals surface area contributed by atoms with E-state index in [2.05, 4.69) is 0 Å². The molecule has 0 radical (unpaired) electrons. The van der Waals surface area contributed by atoms with Gasteiger partial charge in [-0.15, -0.1) is 0 Å². The van der Waals surface area contributed by atoms with Crippen LogP contribution >= 0.6 is 23.2 Å². The number of hydrogen-bond acceptors (Lipinski definition) is 2. The Bertz CT molecular complexity index is 516. The minimum atomic E-state index is -0.132. The fourth-order valence-corrected chi connectivity index (χ4v) is 2.77. The van der Waals surface area contributed by atoms with Crippen molar-refractivity contribution in [3.63, 3.8) is 0 Å². The van der Waals surface area contributed by atoms with Crippen LogP contribution in [-0.4, -0.2) is 29.7 Å². The molecule has 1 aromatic carbocycles. The van der Waals surface area contributed by atoms with E-state index in [-0.39, 0.29) is 17.6 Å². The highest BCUT2D eigenvalue weighted by Crippen LogP contribution is 2.24. The SMILES string of the molecule is CCC1CN(C(=O)c2ccc(Cl)cc2Cl)CCC1=O. The van der Waals surface area contributed by atoms with Gasteiger partial charge in [-0.3, -0.25) is 9.59 Å². The Morgan fingerprint density at radius 1 is 1.42 bits per heavy atom. The van der Waals surface area contributed by atoms with Crippen LogP contribution in [0.5, 0.6) is 0 Å². The van der Waals surface area contributed by atoms with E-state index in [1.165, 1.54) is 0 Å². The molecule has 0 N–H and O–H groups in total. The summed E-state index contributed by atoms with van der Waals surface area (Å²) < 4.78 is 0. The number of likely N-dealkylation sites (tertiary alicyclic amines) is 1. The predicted octanol–water partition coefficient (Wildman–Crippen LogP) is 3.43. The maximum absolute atomic E-state index is 12.4. The molecule has 1 unspecified atom stereocenters. The zero-order chi connectivity index (χ0) is 14.0. The Kier molecular flexibility index (Phi) is 4.48. The molecule has 3 nitrogen and oxygen atoms in total. The van der Waals surface area contributed by atoms with Gasteiger partial charge in [-0.05, 0) is 24.6 Å². The number of halogens is 2. The Morgan fingerprint density at radius 3 is 2.79 bits per heavy atom. The molecule has 1 aliphatic heterocycles. The fraction of sp³-hybridized carbons (Fsp3) is 0.429. The summed E-state index contributed by atoms with van der Waals surface area (Å²) in [6.45, 7) is 2.91. The fourth-order valence-electron chi connectivity index (χ4n) is 2.28. The topological polar surface area (TPSA) is 37.4 Å². The number of carbonyl (C=O) groups is 2. The second-order valence-electron chi connectivity index (χ2n) is 4.70. The first kappa shape index (κ1) is 14.4. The van der Waals surface area contributed by atoms with E-state index in [1.807, 2.05) is 6.92 Å². The van der Waals surface area contributed by atoms with Crippen molar-refractivity contribution in [1.29, 1.82) is 0 Å². The monoisotopic (exact) mass is 299 g/mol. The Morgan fingerprint density at radius 2 is 2.16 bits per heavy atom. The quantitative estimate of drug-likeness (QED) is 0.839. The van der Waals surface area contributed by atoms with Gasteiger partial charge in [0, 0.05) is 30.5 Å². The van der Waals surface area contributed by atoms with Gasteiger partial charge in [-0.2, -0.15) is 0 Å². The van der Waals surface area contributed by atoms with Crippen molar-refractivity contribution in [3.05, 3.63) is 33.8 Å². The number of nitrogens with zero attached hydrogens (tertiary/aromatic N) is 1. The molecule has 102 valence electrons. The van der Waals surface area contributed by atoms with Crippen molar-refractivity contribution < 1.29 is 9.59 Å². The van der Waals surface area contributed by atoms with Gasteiger partial charge in [0.15, 0.2) is 0 Å². The van der Waals surface area contributed by atoms with Crippen LogP contribution in [0.2, 0.25) is 10.0 Å². The summed E-state index contributed by atoms with van der Waals surface area (Å²) in [6, 6.07) is 4.83. The molecule has 0 spiro atoms. The molecule has 0 aromatic heterocycles. The third kappa shape index (κ3) is 3.10. The molecule has 0 bridgehead atoms. The van der Waals surface area contributed by atoms with Crippen molar-refractivity contribution in [2.24, 2.45) is 5.92 Å². The number of hydrogen-bond donors (Lipinski definition) is 0. The van der Waals surface area contributed by atoms with Gasteiger partial charge in [-0.1, -0.05) is 30.1 Å². The highest BCUT2D eigenvalue weighted by molar-refractivity contribution is 6.36. The van der Waals surface area contributed by atoms with Crippen LogP contribution in [-0.2, 0) is 4.79 Å². The number of amides is 1. The molecule has 1 fully saturated rings. The van der Waals surface area contributed by atoms with Gasteiger partial charge in [0.2, 0.25) is 0 Å². The molecule has 0 saturated carbocycles. The zero-order valence-electron chi connectivity index (χ0n) is 10.7. The van der Waals surface area contributed by atoms with Gasteiger partial charge in [0.1, 0.15) is 5.78 Å². The molecule has 1 atom stereocenters. The molecule has 1 aromatic rings. The standard InChI is InChI=1S/C14H15Cl2NO2/c1-2-9-8-17(6-5-13(9)18)14(19)11-4-3-10(15)7-12(11)16/h3-4,7,9H,2,5-6,8H2,1H3. The first-order valence-corrected chi connectivity index (χ1v) is 7.05. The lowest BCUT2D eigenvalue weighted by molar-refractivity contribution is -0.125. The van der Waals surface area contributed by atoms with E-state index in [1.54, 1.807) is 23.1 Å². The van der Waals surface area contributed by atoms with Gasteiger partial charge in [-0.25, -0.2) is 0 Å². The summed E-state index contributed by atoms with van der Waals surface area (Å²) in [5.74, 6) is 0.0603.